The van der Waals surface area contributed by atoms with Gasteiger partial charge >= 0.3 is 0 Å². The van der Waals surface area contributed by atoms with Crippen molar-refractivity contribution >= 4 is 17.5 Å². The van der Waals surface area contributed by atoms with Crippen molar-refractivity contribution in [2.75, 3.05) is 5.32 Å². The fourth-order valence-electron chi connectivity index (χ4n) is 1.25. The average molecular weight is 199 g/mol. The lowest BCUT2D eigenvalue weighted by molar-refractivity contribution is 0.443. The first kappa shape index (κ1) is 8.69. The SMILES string of the molecule is Cc1nc(Cl)nc(NC2CCC2)n1. The zero-order valence-corrected chi connectivity index (χ0v) is 8.17. The molecule has 1 aromatic rings. The topological polar surface area (TPSA) is 50.7 Å². The maximum atomic E-state index is 5.69. The number of aryl methyl sites for hydroxylation is 1. The molecule has 0 aromatic carbocycles. The van der Waals surface area contributed by atoms with Gasteiger partial charge in [0.2, 0.25) is 11.2 Å². The molecule has 1 aliphatic rings. The molecule has 70 valence electrons. The predicted molar refractivity (Wildman–Crippen MR) is 50.8 cm³/mol. The minimum absolute atomic E-state index is 0.259. The monoisotopic (exact) mass is 198 g/mol. The van der Waals surface area contributed by atoms with Crippen LogP contribution in [0.2, 0.25) is 5.28 Å². The quantitative estimate of drug-likeness (QED) is 0.788. The number of halogens is 1. The van der Waals surface area contributed by atoms with E-state index in [2.05, 4.69) is 20.3 Å². The van der Waals surface area contributed by atoms with E-state index in [1.54, 1.807) is 6.92 Å². The van der Waals surface area contributed by atoms with Crippen LogP contribution >= 0.6 is 11.6 Å². The van der Waals surface area contributed by atoms with Gasteiger partial charge in [-0.3, -0.25) is 0 Å². The van der Waals surface area contributed by atoms with Gasteiger partial charge in [0, 0.05) is 6.04 Å². The highest BCUT2D eigenvalue weighted by Gasteiger charge is 2.18. The van der Waals surface area contributed by atoms with E-state index in [0.29, 0.717) is 17.8 Å². The summed E-state index contributed by atoms with van der Waals surface area (Å²) in [7, 11) is 0. The molecule has 1 fully saturated rings. The molecule has 1 aromatic heterocycles. The molecule has 2 rings (SSSR count). The molecule has 1 saturated carbocycles. The van der Waals surface area contributed by atoms with Crippen molar-refractivity contribution < 1.29 is 0 Å². The summed E-state index contributed by atoms with van der Waals surface area (Å²) in [6, 6.07) is 0.526. The minimum atomic E-state index is 0.259. The van der Waals surface area contributed by atoms with E-state index in [4.69, 9.17) is 11.6 Å². The maximum Gasteiger partial charge on any atom is 0.227 e. The first-order valence-electron chi connectivity index (χ1n) is 4.39. The number of hydrogen-bond acceptors (Lipinski definition) is 4. The molecule has 1 N–H and O–H groups in total. The van der Waals surface area contributed by atoms with E-state index in [-0.39, 0.29) is 5.28 Å². The summed E-state index contributed by atoms with van der Waals surface area (Å²) in [5.41, 5.74) is 0. The second-order valence-corrected chi connectivity index (χ2v) is 3.59. The number of aromatic nitrogens is 3. The Hall–Kier alpha value is -0.900. The normalized spacial score (nSPS) is 16.8. The largest absolute Gasteiger partial charge is 0.351 e. The highest BCUT2D eigenvalue weighted by Crippen LogP contribution is 2.21. The van der Waals surface area contributed by atoms with Gasteiger partial charge in [0.05, 0.1) is 0 Å². The van der Waals surface area contributed by atoms with Gasteiger partial charge < -0.3 is 5.32 Å². The zero-order chi connectivity index (χ0) is 9.26. The molecule has 1 aliphatic carbocycles. The van der Waals surface area contributed by atoms with Crippen molar-refractivity contribution in [2.45, 2.75) is 32.2 Å². The number of nitrogens with one attached hydrogen (secondary N) is 1. The standard InChI is InChI=1S/C8H11ClN4/c1-5-10-7(9)13-8(11-5)12-6-3-2-4-6/h6H,2-4H2,1H3,(H,10,11,12,13). The van der Waals surface area contributed by atoms with Crippen LogP contribution < -0.4 is 5.32 Å². The Morgan fingerprint density at radius 3 is 2.62 bits per heavy atom. The van der Waals surface area contributed by atoms with Gasteiger partial charge in [-0.05, 0) is 37.8 Å². The van der Waals surface area contributed by atoms with Crippen molar-refractivity contribution in [2.24, 2.45) is 0 Å². The van der Waals surface area contributed by atoms with Crippen LogP contribution in [-0.2, 0) is 0 Å². The average Bonchev–Trinajstić information content (AvgIpc) is 1.95. The maximum absolute atomic E-state index is 5.69. The van der Waals surface area contributed by atoms with Crippen LogP contribution in [0.25, 0.3) is 0 Å². The van der Waals surface area contributed by atoms with E-state index in [9.17, 15) is 0 Å². The molecular weight excluding hydrogens is 188 g/mol. The lowest BCUT2D eigenvalue weighted by Crippen LogP contribution is -2.28. The van der Waals surface area contributed by atoms with Crippen LogP contribution in [0, 0.1) is 6.92 Å². The van der Waals surface area contributed by atoms with Gasteiger partial charge in [-0.1, -0.05) is 0 Å². The fourth-order valence-corrected chi connectivity index (χ4v) is 1.45. The third kappa shape index (κ3) is 2.06. The summed E-state index contributed by atoms with van der Waals surface area (Å²) < 4.78 is 0. The minimum Gasteiger partial charge on any atom is -0.351 e. The van der Waals surface area contributed by atoms with Gasteiger partial charge in [-0.15, -0.1) is 0 Å². The Labute approximate surface area is 81.8 Å². The molecule has 0 radical (unpaired) electrons. The van der Waals surface area contributed by atoms with E-state index in [0.717, 1.165) is 0 Å². The fraction of sp³-hybridized carbons (Fsp3) is 0.625. The summed E-state index contributed by atoms with van der Waals surface area (Å²) in [5, 5.41) is 3.47. The lowest BCUT2D eigenvalue weighted by Gasteiger charge is -2.26. The van der Waals surface area contributed by atoms with Gasteiger partial charge in [-0.25, -0.2) is 4.98 Å². The van der Waals surface area contributed by atoms with E-state index in [1.165, 1.54) is 19.3 Å². The van der Waals surface area contributed by atoms with E-state index < -0.39 is 0 Å². The number of rotatable bonds is 2. The van der Waals surface area contributed by atoms with Crippen molar-refractivity contribution in [3.63, 3.8) is 0 Å². The second kappa shape index (κ2) is 3.46. The third-order valence-corrected chi connectivity index (χ3v) is 2.33. The Morgan fingerprint density at radius 1 is 1.31 bits per heavy atom. The first-order chi connectivity index (χ1) is 6.24. The number of anilines is 1. The molecule has 1 heterocycles. The molecule has 0 saturated heterocycles. The predicted octanol–water partition coefficient (Wildman–Crippen LogP) is 1.80. The van der Waals surface area contributed by atoms with E-state index in [1.807, 2.05) is 0 Å². The summed E-state index contributed by atoms with van der Waals surface area (Å²) in [4.78, 5) is 12.0. The Kier molecular flexibility index (Phi) is 2.31. The summed E-state index contributed by atoms with van der Waals surface area (Å²) >= 11 is 5.69. The Bertz CT molecular complexity index is 291. The number of hydrogen-bond donors (Lipinski definition) is 1. The molecule has 4 nitrogen and oxygen atoms in total. The van der Waals surface area contributed by atoms with Gasteiger partial charge in [0.1, 0.15) is 5.82 Å². The highest BCUT2D eigenvalue weighted by atomic mass is 35.5. The van der Waals surface area contributed by atoms with E-state index >= 15 is 0 Å². The van der Waals surface area contributed by atoms with Gasteiger partial charge in [0.15, 0.2) is 0 Å². The summed E-state index contributed by atoms with van der Waals surface area (Å²) in [6.07, 6.45) is 3.68. The van der Waals surface area contributed by atoms with Crippen molar-refractivity contribution in [1.82, 2.24) is 15.0 Å². The molecule has 0 spiro atoms. The van der Waals surface area contributed by atoms with Crippen LogP contribution in [-0.4, -0.2) is 21.0 Å². The van der Waals surface area contributed by atoms with Crippen molar-refractivity contribution in [3.05, 3.63) is 11.1 Å². The van der Waals surface area contributed by atoms with Crippen LogP contribution in [0.5, 0.6) is 0 Å². The van der Waals surface area contributed by atoms with Crippen LogP contribution in [0.15, 0.2) is 0 Å². The Morgan fingerprint density at radius 2 is 2.08 bits per heavy atom. The number of nitrogens with zero attached hydrogens (tertiary/aromatic N) is 3. The molecule has 0 bridgehead atoms. The molecule has 0 aliphatic heterocycles. The van der Waals surface area contributed by atoms with Crippen molar-refractivity contribution in [3.8, 4) is 0 Å². The second-order valence-electron chi connectivity index (χ2n) is 3.25. The van der Waals surface area contributed by atoms with Crippen molar-refractivity contribution in [1.29, 1.82) is 0 Å². The van der Waals surface area contributed by atoms with Gasteiger partial charge in [-0.2, -0.15) is 9.97 Å². The summed E-state index contributed by atoms with van der Waals surface area (Å²) in [5.74, 6) is 1.25. The Balaban J connectivity index is 2.10. The van der Waals surface area contributed by atoms with Gasteiger partial charge in [0.25, 0.3) is 0 Å². The molecule has 5 heteroatoms. The smallest absolute Gasteiger partial charge is 0.227 e. The molecule has 0 amide bonds. The van der Waals surface area contributed by atoms with Crippen LogP contribution in [0.3, 0.4) is 0 Å². The molecular formula is C8H11ClN4. The summed E-state index contributed by atoms with van der Waals surface area (Å²) in [6.45, 7) is 1.81. The highest BCUT2D eigenvalue weighted by molar-refractivity contribution is 6.28. The first-order valence-corrected chi connectivity index (χ1v) is 4.76. The molecule has 0 atom stereocenters. The lowest BCUT2D eigenvalue weighted by atomic mass is 9.93. The third-order valence-electron chi connectivity index (χ3n) is 2.16. The zero-order valence-electron chi connectivity index (χ0n) is 7.42. The van der Waals surface area contributed by atoms with Crippen LogP contribution in [0.1, 0.15) is 25.1 Å². The molecule has 13 heavy (non-hydrogen) atoms. The van der Waals surface area contributed by atoms with Crippen LogP contribution in [0.4, 0.5) is 5.95 Å². The molecule has 0 unspecified atom stereocenters.